The smallest absolute Gasteiger partial charge is 0.145 e. The fourth-order valence-electron chi connectivity index (χ4n) is 8.24. The first-order chi connectivity index (χ1) is 25.8. The summed E-state index contributed by atoms with van der Waals surface area (Å²) in [5.74, 6) is 0. The Kier molecular flexibility index (Phi) is 6.25. The highest BCUT2D eigenvalue weighted by Crippen LogP contribution is 2.44. The Bertz CT molecular complexity index is 3170. The van der Waals surface area contributed by atoms with E-state index < -0.39 is 0 Å². The van der Waals surface area contributed by atoms with Crippen molar-refractivity contribution in [2.75, 3.05) is 0 Å². The summed E-state index contributed by atoms with van der Waals surface area (Å²) in [5, 5.41) is 9.36. The maximum atomic E-state index is 7.09. The minimum atomic E-state index is 0.876. The SMILES string of the molecule is c1ccc(-c2cc(-c3cccc4c3oc3c4ccc4c3c3ccccc3n4-c3ccccc3)cc(-c3cc4ccccc4c4ccccc34)n2)cc1. The predicted octanol–water partition coefficient (Wildman–Crippen LogP) is 13.4. The fourth-order valence-corrected chi connectivity index (χ4v) is 8.24. The summed E-state index contributed by atoms with van der Waals surface area (Å²) in [4.78, 5) is 5.35. The van der Waals surface area contributed by atoms with Crippen molar-refractivity contribution in [1.29, 1.82) is 0 Å². The molecular weight excluding hydrogens is 633 g/mol. The monoisotopic (exact) mass is 662 g/mol. The summed E-state index contributed by atoms with van der Waals surface area (Å²) >= 11 is 0. The number of para-hydroxylation sites is 3. The minimum absolute atomic E-state index is 0.876. The summed E-state index contributed by atoms with van der Waals surface area (Å²) in [7, 11) is 0. The standard InChI is InChI=1S/C49H30N2O/c1-3-14-31(15-4-1)43-29-33(30-44(50-43)42-28-32-16-7-8-19-35(32)37-20-9-10-21-38(37)42)36-23-13-24-39-40-26-27-46-47(49(40)52-48(36)39)41-22-11-12-25-45(41)51(46)34-17-5-2-6-18-34/h1-30H. The molecule has 11 rings (SSSR count). The van der Waals surface area contributed by atoms with E-state index in [1.165, 1.54) is 26.9 Å². The van der Waals surface area contributed by atoms with Gasteiger partial charge < -0.3 is 8.98 Å². The van der Waals surface area contributed by atoms with Crippen molar-refractivity contribution in [1.82, 2.24) is 9.55 Å². The van der Waals surface area contributed by atoms with E-state index in [0.717, 1.165) is 77.7 Å². The summed E-state index contributed by atoms with van der Waals surface area (Å²) < 4.78 is 9.43. The first-order valence-corrected chi connectivity index (χ1v) is 17.7. The lowest BCUT2D eigenvalue weighted by atomic mass is 9.93. The predicted molar refractivity (Wildman–Crippen MR) is 217 cm³/mol. The Labute approximate surface area is 299 Å². The molecule has 0 spiro atoms. The van der Waals surface area contributed by atoms with Crippen LogP contribution in [0.15, 0.2) is 186 Å². The number of rotatable bonds is 4. The third-order valence-electron chi connectivity index (χ3n) is 10.6. The minimum Gasteiger partial charge on any atom is -0.455 e. The van der Waals surface area contributed by atoms with Crippen molar-refractivity contribution in [2.45, 2.75) is 0 Å². The normalized spacial score (nSPS) is 11.8. The topological polar surface area (TPSA) is 31.0 Å². The second-order valence-electron chi connectivity index (χ2n) is 13.5. The molecule has 0 N–H and O–H groups in total. The van der Waals surface area contributed by atoms with Crippen LogP contribution >= 0.6 is 0 Å². The highest BCUT2D eigenvalue weighted by Gasteiger charge is 2.21. The van der Waals surface area contributed by atoms with Gasteiger partial charge in [-0.3, -0.25) is 0 Å². The van der Waals surface area contributed by atoms with Crippen molar-refractivity contribution < 1.29 is 4.42 Å². The van der Waals surface area contributed by atoms with Crippen LogP contribution in [-0.4, -0.2) is 9.55 Å². The lowest BCUT2D eigenvalue weighted by molar-refractivity contribution is 0.674. The zero-order valence-corrected chi connectivity index (χ0v) is 28.1. The molecule has 0 atom stereocenters. The lowest BCUT2D eigenvalue weighted by Crippen LogP contribution is -1.93. The van der Waals surface area contributed by atoms with Gasteiger partial charge in [-0.1, -0.05) is 133 Å². The highest BCUT2D eigenvalue weighted by molar-refractivity contribution is 6.25. The third kappa shape index (κ3) is 4.30. The van der Waals surface area contributed by atoms with E-state index in [9.17, 15) is 0 Å². The van der Waals surface area contributed by atoms with Crippen LogP contribution in [0.5, 0.6) is 0 Å². The fraction of sp³-hybridized carbons (Fsp3) is 0. The van der Waals surface area contributed by atoms with Crippen LogP contribution in [-0.2, 0) is 0 Å². The number of pyridine rings is 1. The molecule has 0 aliphatic heterocycles. The van der Waals surface area contributed by atoms with Gasteiger partial charge in [0, 0.05) is 38.5 Å². The molecule has 0 fully saturated rings. The molecule has 3 heterocycles. The average molecular weight is 663 g/mol. The maximum absolute atomic E-state index is 7.09. The Balaban J connectivity index is 1.20. The van der Waals surface area contributed by atoms with Gasteiger partial charge in [-0.2, -0.15) is 0 Å². The Morgan fingerprint density at radius 3 is 1.88 bits per heavy atom. The molecule has 3 aromatic heterocycles. The van der Waals surface area contributed by atoms with Gasteiger partial charge in [-0.15, -0.1) is 0 Å². The van der Waals surface area contributed by atoms with Crippen LogP contribution in [0.25, 0.3) is 105 Å². The molecule has 242 valence electrons. The molecular formula is C49H30N2O. The zero-order valence-electron chi connectivity index (χ0n) is 28.1. The van der Waals surface area contributed by atoms with E-state index in [1.807, 2.05) is 0 Å². The van der Waals surface area contributed by atoms with Crippen LogP contribution in [0.4, 0.5) is 0 Å². The molecule has 0 radical (unpaired) electrons. The summed E-state index contributed by atoms with van der Waals surface area (Å²) in [5.41, 5.74) is 11.3. The third-order valence-corrected chi connectivity index (χ3v) is 10.6. The van der Waals surface area contributed by atoms with Crippen molar-refractivity contribution in [3.8, 4) is 39.3 Å². The van der Waals surface area contributed by atoms with Gasteiger partial charge in [0.1, 0.15) is 11.2 Å². The van der Waals surface area contributed by atoms with Crippen molar-refractivity contribution in [3.63, 3.8) is 0 Å². The molecule has 0 aliphatic carbocycles. The van der Waals surface area contributed by atoms with Gasteiger partial charge >= 0.3 is 0 Å². The van der Waals surface area contributed by atoms with Gasteiger partial charge in [0.2, 0.25) is 0 Å². The van der Waals surface area contributed by atoms with E-state index in [0.29, 0.717) is 0 Å². The molecule has 0 unspecified atom stereocenters. The highest BCUT2D eigenvalue weighted by atomic mass is 16.3. The number of hydrogen-bond acceptors (Lipinski definition) is 2. The Morgan fingerprint density at radius 2 is 1.04 bits per heavy atom. The molecule has 0 saturated heterocycles. The molecule has 0 saturated carbocycles. The first kappa shape index (κ1) is 28.8. The van der Waals surface area contributed by atoms with Crippen LogP contribution < -0.4 is 0 Å². The van der Waals surface area contributed by atoms with Crippen LogP contribution in [0.2, 0.25) is 0 Å². The molecule has 52 heavy (non-hydrogen) atoms. The molecule has 3 nitrogen and oxygen atoms in total. The maximum Gasteiger partial charge on any atom is 0.145 e. The largest absolute Gasteiger partial charge is 0.455 e. The summed E-state index contributed by atoms with van der Waals surface area (Å²) in [6.07, 6.45) is 0. The van der Waals surface area contributed by atoms with Gasteiger partial charge in [0.25, 0.3) is 0 Å². The Hall–Kier alpha value is -6.97. The van der Waals surface area contributed by atoms with Crippen LogP contribution in [0.1, 0.15) is 0 Å². The number of hydrogen-bond donors (Lipinski definition) is 0. The van der Waals surface area contributed by atoms with E-state index >= 15 is 0 Å². The molecule has 0 bridgehead atoms. The van der Waals surface area contributed by atoms with Gasteiger partial charge in [-0.25, -0.2) is 4.98 Å². The molecule has 8 aromatic carbocycles. The molecule has 0 aliphatic rings. The number of benzene rings is 8. The van der Waals surface area contributed by atoms with Gasteiger partial charge in [0.15, 0.2) is 0 Å². The first-order valence-electron chi connectivity index (χ1n) is 17.7. The molecule has 11 aromatic rings. The lowest BCUT2D eigenvalue weighted by Gasteiger charge is -2.14. The van der Waals surface area contributed by atoms with E-state index in [1.54, 1.807) is 0 Å². The van der Waals surface area contributed by atoms with E-state index in [4.69, 9.17) is 9.40 Å². The number of aromatic nitrogens is 2. The number of fused-ring (bicyclic) bond motifs is 10. The summed E-state index contributed by atoms with van der Waals surface area (Å²) in [6.45, 7) is 0. The molecule has 0 amide bonds. The van der Waals surface area contributed by atoms with Gasteiger partial charge in [0.05, 0.1) is 27.8 Å². The average Bonchev–Trinajstić information content (AvgIpc) is 3.77. The second-order valence-corrected chi connectivity index (χ2v) is 13.5. The van der Waals surface area contributed by atoms with Crippen LogP contribution in [0.3, 0.4) is 0 Å². The van der Waals surface area contributed by atoms with Crippen molar-refractivity contribution in [3.05, 3.63) is 182 Å². The van der Waals surface area contributed by atoms with Crippen LogP contribution in [0, 0.1) is 0 Å². The number of furan rings is 1. The second kappa shape index (κ2) is 11.3. The van der Waals surface area contributed by atoms with Gasteiger partial charge in [-0.05, 0) is 75.6 Å². The Morgan fingerprint density at radius 1 is 0.385 bits per heavy atom. The number of nitrogens with zero attached hydrogens (tertiary/aromatic N) is 2. The quantitative estimate of drug-likeness (QED) is 0.176. The van der Waals surface area contributed by atoms with Crippen molar-refractivity contribution >= 4 is 65.3 Å². The zero-order chi connectivity index (χ0) is 34.2. The van der Waals surface area contributed by atoms with E-state index in [-0.39, 0.29) is 0 Å². The molecule has 3 heteroatoms. The van der Waals surface area contributed by atoms with Crippen molar-refractivity contribution in [2.24, 2.45) is 0 Å². The summed E-state index contributed by atoms with van der Waals surface area (Å²) in [6, 6.07) is 64.7. The van der Waals surface area contributed by atoms with E-state index in [2.05, 4.69) is 187 Å².